The summed E-state index contributed by atoms with van der Waals surface area (Å²) in [5.74, 6) is 0.238. The number of carboxylic acid groups (broad SMARTS) is 1. The summed E-state index contributed by atoms with van der Waals surface area (Å²) >= 11 is 0. The van der Waals surface area contributed by atoms with Gasteiger partial charge < -0.3 is 9.84 Å². The number of benzene rings is 1. The second kappa shape index (κ2) is 10.3. The first kappa shape index (κ1) is 21.2. The molecule has 1 fully saturated rings. The first-order valence-electron chi connectivity index (χ1n) is 9.11. The number of hydrogen-bond donors (Lipinski definition) is 2. The molecular weight excluding hydrogens is 366 g/mol. The molecule has 27 heavy (non-hydrogen) atoms. The minimum absolute atomic E-state index is 0.0707. The minimum Gasteiger partial charge on any atom is -0.497 e. The number of aliphatic carboxylic acids is 1. The molecule has 1 aliphatic carbocycles. The lowest BCUT2D eigenvalue weighted by Gasteiger charge is -2.10. The maximum Gasteiger partial charge on any atom is 0.303 e. The monoisotopic (exact) mass is 393 g/mol. The third-order valence-corrected chi connectivity index (χ3v) is 5.66. The number of carboxylic acids is 1. The maximum absolute atomic E-state index is 12.3. The third-order valence-electron chi connectivity index (χ3n) is 4.51. The van der Waals surface area contributed by atoms with Crippen molar-refractivity contribution in [3.05, 3.63) is 47.4 Å². The average molecular weight is 394 g/mol. The third kappa shape index (κ3) is 7.97. The van der Waals surface area contributed by atoms with Gasteiger partial charge in [-0.25, -0.2) is 13.1 Å². The van der Waals surface area contributed by atoms with Crippen molar-refractivity contribution in [2.24, 2.45) is 5.92 Å². The summed E-state index contributed by atoms with van der Waals surface area (Å²) in [6.07, 6.45) is 9.69. The van der Waals surface area contributed by atoms with Crippen LogP contribution in [0.3, 0.4) is 0 Å². The Morgan fingerprint density at radius 2 is 2.19 bits per heavy atom. The van der Waals surface area contributed by atoms with Crippen LogP contribution in [0.25, 0.3) is 6.08 Å². The number of ether oxygens (including phenoxy) is 1. The fraction of sp³-hybridized carbons (Fsp3) is 0.450. The Bertz CT molecular complexity index is 785. The molecule has 2 rings (SSSR count). The number of sulfonamides is 1. The van der Waals surface area contributed by atoms with Crippen molar-refractivity contribution < 1.29 is 23.1 Å². The number of nitrogens with one attached hydrogen (secondary N) is 1. The van der Waals surface area contributed by atoms with Crippen LogP contribution in [0.4, 0.5) is 0 Å². The largest absolute Gasteiger partial charge is 0.497 e. The first-order valence-corrected chi connectivity index (χ1v) is 10.7. The number of unbranched alkanes of at least 4 members (excludes halogenated alkanes) is 1. The van der Waals surface area contributed by atoms with Crippen molar-refractivity contribution >= 4 is 22.1 Å². The number of methoxy groups -OCH3 is 1. The molecule has 0 saturated heterocycles. The Morgan fingerprint density at radius 3 is 2.93 bits per heavy atom. The van der Waals surface area contributed by atoms with Crippen LogP contribution in [0.15, 0.2) is 41.8 Å². The number of rotatable bonds is 10. The summed E-state index contributed by atoms with van der Waals surface area (Å²) in [6, 6.07) is 7.13. The second-order valence-electron chi connectivity index (χ2n) is 6.73. The van der Waals surface area contributed by atoms with E-state index in [1.54, 1.807) is 25.3 Å². The highest BCUT2D eigenvalue weighted by Crippen LogP contribution is 2.27. The van der Waals surface area contributed by atoms with Gasteiger partial charge in [0.25, 0.3) is 0 Å². The summed E-state index contributed by atoms with van der Waals surface area (Å²) in [6.45, 7) is 0. The number of allylic oxidation sites excluding steroid dienone is 2. The Kier molecular flexibility index (Phi) is 8.06. The standard InChI is InChI=1S/C20H27NO5S/c1-26-19-8-5-7-17(15-19)12-13-27(24,25)21-18-11-10-16(14-18)6-3-2-4-9-20(22)23/h3,5-8,12-13,15-16,18,21H,2,4,9-11,14H2,1H3,(H,22,23)/b6-3+,13-12+. The van der Waals surface area contributed by atoms with Crippen molar-refractivity contribution in [2.75, 3.05) is 7.11 Å². The van der Waals surface area contributed by atoms with E-state index < -0.39 is 16.0 Å². The van der Waals surface area contributed by atoms with Gasteiger partial charge in [0.15, 0.2) is 0 Å². The highest BCUT2D eigenvalue weighted by Gasteiger charge is 2.25. The van der Waals surface area contributed by atoms with E-state index in [1.807, 2.05) is 18.2 Å². The maximum atomic E-state index is 12.3. The van der Waals surface area contributed by atoms with Gasteiger partial charge in [-0.1, -0.05) is 24.3 Å². The lowest BCUT2D eigenvalue weighted by Crippen LogP contribution is -2.31. The van der Waals surface area contributed by atoms with Gasteiger partial charge in [0.2, 0.25) is 10.0 Å². The van der Waals surface area contributed by atoms with E-state index in [2.05, 4.69) is 10.8 Å². The van der Waals surface area contributed by atoms with Gasteiger partial charge in [-0.2, -0.15) is 0 Å². The van der Waals surface area contributed by atoms with E-state index >= 15 is 0 Å². The van der Waals surface area contributed by atoms with Crippen LogP contribution in [0.5, 0.6) is 5.75 Å². The molecule has 7 heteroatoms. The minimum atomic E-state index is -3.51. The van der Waals surface area contributed by atoms with E-state index in [0.29, 0.717) is 18.1 Å². The van der Waals surface area contributed by atoms with Gasteiger partial charge in [-0.05, 0) is 61.8 Å². The molecule has 1 aliphatic rings. The average Bonchev–Trinajstić information content (AvgIpc) is 3.06. The molecule has 0 spiro atoms. The Balaban J connectivity index is 1.81. The smallest absolute Gasteiger partial charge is 0.303 e. The van der Waals surface area contributed by atoms with E-state index in [9.17, 15) is 13.2 Å². The van der Waals surface area contributed by atoms with Crippen molar-refractivity contribution in [1.82, 2.24) is 4.72 Å². The summed E-state index contributed by atoms with van der Waals surface area (Å²) < 4.78 is 32.4. The Labute approximate surface area is 161 Å². The molecule has 1 aromatic rings. The molecule has 1 saturated carbocycles. The van der Waals surface area contributed by atoms with E-state index in [0.717, 1.165) is 31.2 Å². The molecule has 2 atom stereocenters. The summed E-state index contributed by atoms with van der Waals surface area (Å²) in [5.41, 5.74) is 0.758. The molecule has 0 radical (unpaired) electrons. The van der Waals surface area contributed by atoms with E-state index in [1.165, 1.54) is 5.41 Å². The number of hydrogen-bond acceptors (Lipinski definition) is 4. The number of carbonyl (C=O) groups is 1. The molecule has 0 heterocycles. The van der Waals surface area contributed by atoms with Crippen LogP contribution < -0.4 is 9.46 Å². The van der Waals surface area contributed by atoms with E-state index in [4.69, 9.17) is 9.84 Å². The van der Waals surface area contributed by atoms with Crippen molar-refractivity contribution in [3.63, 3.8) is 0 Å². The molecule has 0 aliphatic heterocycles. The molecule has 2 N–H and O–H groups in total. The molecule has 148 valence electrons. The van der Waals surface area contributed by atoms with Gasteiger partial charge in [0, 0.05) is 17.9 Å². The second-order valence-corrected chi connectivity index (χ2v) is 8.32. The Hall–Kier alpha value is -2.12. The zero-order valence-electron chi connectivity index (χ0n) is 15.5. The fourth-order valence-electron chi connectivity index (χ4n) is 3.14. The highest BCUT2D eigenvalue weighted by molar-refractivity contribution is 7.92. The summed E-state index contributed by atoms with van der Waals surface area (Å²) in [5, 5.41) is 9.80. The van der Waals surface area contributed by atoms with Gasteiger partial charge >= 0.3 is 5.97 Å². The van der Waals surface area contributed by atoms with Crippen molar-refractivity contribution in [3.8, 4) is 5.75 Å². The zero-order chi connectivity index (χ0) is 19.7. The van der Waals surface area contributed by atoms with Crippen LogP contribution in [0.1, 0.15) is 44.1 Å². The van der Waals surface area contributed by atoms with Crippen LogP contribution in [-0.4, -0.2) is 32.6 Å². The zero-order valence-corrected chi connectivity index (χ0v) is 16.3. The van der Waals surface area contributed by atoms with Gasteiger partial charge in [0.05, 0.1) is 7.11 Å². The van der Waals surface area contributed by atoms with E-state index in [-0.39, 0.29) is 12.5 Å². The predicted octanol–water partition coefficient (Wildman–Crippen LogP) is 3.57. The van der Waals surface area contributed by atoms with Crippen molar-refractivity contribution in [2.45, 2.75) is 44.6 Å². The summed E-state index contributed by atoms with van der Waals surface area (Å²) in [4.78, 5) is 10.5. The summed E-state index contributed by atoms with van der Waals surface area (Å²) in [7, 11) is -1.94. The quantitative estimate of drug-likeness (QED) is 0.468. The molecule has 6 nitrogen and oxygen atoms in total. The highest BCUT2D eigenvalue weighted by atomic mass is 32.2. The fourth-order valence-corrected chi connectivity index (χ4v) is 4.24. The molecule has 1 aromatic carbocycles. The lowest BCUT2D eigenvalue weighted by molar-refractivity contribution is -0.137. The lowest BCUT2D eigenvalue weighted by atomic mass is 10.1. The van der Waals surface area contributed by atoms with Gasteiger partial charge in [-0.3, -0.25) is 4.79 Å². The van der Waals surface area contributed by atoms with Crippen LogP contribution in [0, 0.1) is 5.92 Å². The van der Waals surface area contributed by atoms with Crippen LogP contribution >= 0.6 is 0 Å². The van der Waals surface area contributed by atoms with Gasteiger partial charge in [0.1, 0.15) is 5.75 Å². The van der Waals surface area contributed by atoms with Crippen molar-refractivity contribution in [1.29, 1.82) is 0 Å². The molecule has 2 unspecified atom stereocenters. The molecule has 0 bridgehead atoms. The SMILES string of the molecule is COc1cccc(/C=C/S(=O)(=O)NC2CCC(/C=C/CCCC(=O)O)C2)c1. The van der Waals surface area contributed by atoms with Crippen LogP contribution in [0.2, 0.25) is 0 Å². The Morgan fingerprint density at radius 1 is 1.37 bits per heavy atom. The normalized spacial score (nSPS) is 20.5. The molecular formula is C20H27NO5S. The van der Waals surface area contributed by atoms with Gasteiger partial charge in [-0.15, -0.1) is 0 Å². The predicted molar refractivity (Wildman–Crippen MR) is 106 cm³/mol. The van der Waals surface area contributed by atoms with Crippen LogP contribution in [-0.2, 0) is 14.8 Å². The topological polar surface area (TPSA) is 92.7 Å². The first-order chi connectivity index (χ1) is 12.9. The molecule has 0 amide bonds. The molecule has 0 aromatic heterocycles.